The van der Waals surface area contributed by atoms with E-state index in [-0.39, 0.29) is 22.9 Å². The first-order chi connectivity index (χ1) is 18.1. The van der Waals surface area contributed by atoms with Gasteiger partial charge in [0.15, 0.2) is 0 Å². The molecule has 0 N–H and O–H groups in total. The predicted molar refractivity (Wildman–Crippen MR) is 158 cm³/mol. The van der Waals surface area contributed by atoms with E-state index in [0.29, 0.717) is 25.0 Å². The van der Waals surface area contributed by atoms with Crippen LogP contribution in [0.15, 0.2) is 82.8 Å². The van der Waals surface area contributed by atoms with E-state index < -0.39 is 0 Å². The Hall–Kier alpha value is -3.66. The van der Waals surface area contributed by atoms with E-state index in [0.717, 1.165) is 22.3 Å². The molecule has 194 valence electrons. The monoisotopic (exact) mass is 504 g/mol. The van der Waals surface area contributed by atoms with Crippen molar-refractivity contribution in [3.8, 4) is 11.1 Å². The molecule has 0 saturated heterocycles. The first-order valence-corrected chi connectivity index (χ1v) is 13.6. The summed E-state index contributed by atoms with van der Waals surface area (Å²) in [5.74, 6) is 1.43. The first kappa shape index (κ1) is 24.7. The highest BCUT2D eigenvalue weighted by Crippen LogP contribution is 2.42. The van der Waals surface area contributed by atoms with Gasteiger partial charge in [0, 0.05) is 22.3 Å². The number of ether oxygens (including phenoxy) is 2. The van der Waals surface area contributed by atoms with E-state index in [1.807, 2.05) is 0 Å². The molecule has 2 aliphatic rings. The Labute approximate surface area is 225 Å². The molecule has 2 aliphatic heterocycles. The van der Waals surface area contributed by atoms with Crippen LogP contribution < -0.4 is 0 Å². The Bertz CT molecular complexity index is 1480. The van der Waals surface area contributed by atoms with Crippen molar-refractivity contribution in [2.24, 2.45) is 20.8 Å². The van der Waals surface area contributed by atoms with Crippen molar-refractivity contribution in [3.05, 3.63) is 83.9 Å². The maximum Gasteiger partial charge on any atom is 0.217 e. The third-order valence-corrected chi connectivity index (χ3v) is 7.87. The summed E-state index contributed by atoms with van der Waals surface area (Å²) in [6.45, 7) is 14.5. The van der Waals surface area contributed by atoms with Crippen LogP contribution in [0, 0.1) is 10.8 Å². The SMILES string of the molecule is CC(C)(C)[C@H]1COC(c2ccc3ccccc3c2-c2c(C3=N[C@@H](C(C)(C)C)CO3)ccc3ccccc23)=N1. The molecule has 4 aromatic carbocycles. The quantitative estimate of drug-likeness (QED) is 0.283. The zero-order chi connectivity index (χ0) is 26.7. The maximum atomic E-state index is 6.32. The Morgan fingerprint density at radius 1 is 0.553 bits per heavy atom. The molecule has 0 unspecified atom stereocenters. The van der Waals surface area contributed by atoms with Crippen molar-refractivity contribution in [2.45, 2.75) is 53.6 Å². The molecule has 0 bridgehead atoms. The number of fused-ring (bicyclic) bond motifs is 2. The molecule has 0 aromatic heterocycles. The minimum atomic E-state index is 0.0255. The van der Waals surface area contributed by atoms with Crippen LogP contribution in [0.3, 0.4) is 0 Å². The van der Waals surface area contributed by atoms with Gasteiger partial charge in [-0.2, -0.15) is 0 Å². The van der Waals surface area contributed by atoms with Gasteiger partial charge < -0.3 is 9.47 Å². The van der Waals surface area contributed by atoms with E-state index in [9.17, 15) is 0 Å². The van der Waals surface area contributed by atoms with Crippen molar-refractivity contribution < 1.29 is 9.47 Å². The Morgan fingerprint density at radius 3 is 1.32 bits per heavy atom. The van der Waals surface area contributed by atoms with E-state index in [1.165, 1.54) is 21.5 Å². The summed E-state index contributed by atoms with van der Waals surface area (Å²) in [6, 6.07) is 26.0. The highest BCUT2D eigenvalue weighted by Gasteiger charge is 2.34. The zero-order valence-corrected chi connectivity index (χ0v) is 23.2. The minimum Gasteiger partial charge on any atom is -0.475 e. The van der Waals surface area contributed by atoms with Crippen LogP contribution in [-0.4, -0.2) is 37.1 Å². The number of benzene rings is 4. The average Bonchev–Trinajstić information content (AvgIpc) is 3.58. The highest BCUT2D eigenvalue weighted by molar-refractivity contribution is 6.19. The molecule has 0 fully saturated rings. The minimum absolute atomic E-state index is 0.0255. The van der Waals surface area contributed by atoms with Gasteiger partial charge in [0.1, 0.15) is 13.2 Å². The van der Waals surface area contributed by atoms with Crippen LogP contribution in [0.5, 0.6) is 0 Å². The summed E-state index contributed by atoms with van der Waals surface area (Å²) >= 11 is 0. The van der Waals surface area contributed by atoms with Crippen LogP contribution in [0.1, 0.15) is 52.7 Å². The zero-order valence-electron chi connectivity index (χ0n) is 23.2. The fourth-order valence-corrected chi connectivity index (χ4v) is 5.37. The summed E-state index contributed by atoms with van der Waals surface area (Å²) in [6.07, 6.45) is 0. The lowest BCUT2D eigenvalue weighted by Crippen LogP contribution is -2.25. The van der Waals surface area contributed by atoms with Crippen molar-refractivity contribution in [2.75, 3.05) is 13.2 Å². The lowest BCUT2D eigenvalue weighted by atomic mass is 9.86. The summed E-state index contributed by atoms with van der Waals surface area (Å²) in [7, 11) is 0. The van der Waals surface area contributed by atoms with Crippen LogP contribution in [0.25, 0.3) is 32.7 Å². The van der Waals surface area contributed by atoms with Gasteiger partial charge in [-0.25, -0.2) is 9.98 Å². The Kier molecular flexibility index (Phi) is 5.82. The highest BCUT2D eigenvalue weighted by atomic mass is 16.5. The molecule has 0 amide bonds. The van der Waals surface area contributed by atoms with Crippen molar-refractivity contribution in [1.29, 1.82) is 0 Å². The van der Waals surface area contributed by atoms with Gasteiger partial charge in [0.05, 0.1) is 12.1 Å². The number of hydrogen-bond donors (Lipinski definition) is 0. The summed E-state index contributed by atoms with van der Waals surface area (Å²) in [4.78, 5) is 10.2. The fourth-order valence-electron chi connectivity index (χ4n) is 5.37. The lowest BCUT2D eigenvalue weighted by Gasteiger charge is -2.22. The standard InChI is InChI=1S/C34H36N2O2/c1-33(2,3)27-19-37-31(35-27)25-17-15-21-11-7-9-13-23(21)29(25)30-24-14-10-8-12-22(24)16-18-26(30)32-36-28(20-38-32)34(4,5)6/h7-18,27-28H,19-20H2,1-6H3/t27-,28-/m1/s1. The van der Waals surface area contributed by atoms with Gasteiger partial charge in [0.2, 0.25) is 11.8 Å². The number of hydrogen-bond acceptors (Lipinski definition) is 4. The van der Waals surface area contributed by atoms with Gasteiger partial charge in [-0.05, 0) is 44.5 Å². The van der Waals surface area contributed by atoms with Crippen LogP contribution in [0.4, 0.5) is 0 Å². The molecule has 4 aromatic rings. The largest absolute Gasteiger partial charge is 0.475 e. The predicted octanol–water partition coefficient (Wildman–Crippen LogP) is 8.04. The second-order valence-corrected chi connectivity index (χ2v) is 12.7. The van der Waals surface area contributed by atoms with Gasteiger partial charge in [-0.3, -0.25) is 0 Å². The smallest absolute Gasteiger partial charge is 0.217 e. The average molecular weight is 505 g/mol. The second kappa shape index (κ2) is 8.97. The van der Waals surface area contributed by atoms with Gasteiger partial charge >= 0.3 is 0 Å². The molecule has 0 spiro atoms. The second-order valence-electron chi connectivity index (χ2n) is 12.7. The summed E-state index contributed by atoms with van der Waals surface area (Å²) < 4.78 is 12.6. The third kappa shape index (κ3) is 4.26. The summed E-state index contributed by atoms with van der Waals surface area (Å²) in [5, 5.41) is 4.69. The van der Waals surface area contributed by atoms with Crippen LogP contribution in [-0.2, 0) is 9.47 Å². The molecule has 0 saturated carbocycles. The molecule has 2 heterocycles. The molecular formula is C34H36N2O2. The molecule has 6 rings (SSSR count). The van der Waals surface area contributed by atoms with Gasteiger partial charge in [0.25, 0.3) is 0 Å². The van der Waals surface area contributed by atoms with Gasteiger partial charge in [-0.1, -0.05) is 102 Å². The van der Waals surface area contributed by atoms with E-state index in [1.54, 1.807) is 0 Å². The van der Waals surface area contributed by atoms with Crippen LogP contribution in [0.2, 0.25) is 0 Å². The molecule has 2 atom stereocenters. The summed E-state index contributed by atoms with van der Waals surface area (Å²) in [5.41, 5.74) is 4.32. The Morgan fingerprint density at radius 2 is 0.947 bits per heavy atom. The molecule has 4 nitrogen and oxygen atoms in total. The molecular weight excluding hydrogens is 468 g/mol. The third-order valence-electron chi connectivity index (χ3n) is 7.87. The maximum absolute atomic E-state index is 6.32. The first-order valence-electron chi connectivity index (χ1n) is 13.6. The molecule has 38 heavy (non-hydrogen) atoms. The number of nitrogens with zero attached hydrogens (tertiary/aromatic N) is 2. The van der Waals surface area contributed by atoms with E-state index >= 15 is 0 Å². The van der Waals surface area contributed by atoms with E-state index in [4.69, 9.17) is 19.5 Å². The van der Waals surface area contributed by atoms with Gasteiger partial charge in [-0.15, -0.1) is 0 Å². The van der Waals surface area contributed by atoms with Crippen LogP contribution >= 0.6 is 0 Å². The number of aliphatic imine (C=N–C) groups is 2. The normalized spacial score (nSPS) is 19.8. The Balaban J connectivity index is 1.67. The molecule has 4 heteroatoms. The van der Waals surface area contributed by atoms with Crippen molar-refractivity contribution in [3.63, 3.8) is 0 Å². The lowest BCUT2D eigenvalue weighted by molar-refractivity contribution is 0.235. The molecule has 0 aliphatic carbocycles. The van der Waals surface area contributed by atoms with E-state index in [2.05, 4.69) is 114 Å². The number of rotatable bonds is 3. The van der Waals surface area contributed by atoms with Crippen molar-refractivity contribution in [1.82, 2.24) is 0 Å². The molecule has 0 radical (unpaired) electrons. The fraction of sp³-hybridized carbons (Fsp3) is 0.353. The van der Waals surface area contributed by atoms with Crippen molar-refractivity contribution >= 4 is 33.3 Å². The topological polar surface area (TPSA) is 43.2 Å².